The smallest absolute Gasteiger partial charge is 0.281 e. The van der Waals surface area contributed by atoms with Gasteiger partial charge in [0.2, 0.25) is 0 Å². The van der Waals surface area contributed by atoms with E-state index in [2.05, 4.69) is 10.5 Å². The quantitative estimate of drug-likeness (QED) is 0.670. The van der Waals surface area contributed by atoms with Crippen LogP contribution >= 0.6 is 11.3 Å². The molecule has 2 rings (SSSR count). The molecule has 0 saturated heterocycles. The molecule has 0 aromatic carbocycles. The summed E-state index contributed by atoms with van der Waals surface area (Å²) in [6, 6.07) is 7.26. The van der Waals surface area contributed by atoms with Gasteiger partial charge in [-0.15, -0.1) is 11.3 Å². The number of aryl methyl sites for hydroxylation is 1. The zero-order valence-electron chi connectivity index (χ0n) is 9.56. The van der Waals surface area contributed by atoms with Crippen molar-refractivity contribution in [3.8, 4) is 0 Å². The number of furan rings is 1. The van der Waals surface area contributed by atoms with Crippen molar-refractivity contribution in [1.82, 2.24) is 5.43 Å². The molecule has 0 aliphatic rings. The van der Waals surface area contributed by atoms with Crippen molar-refractivity contribution in [3.05, 3.63) is 46.0 Å². The standard InChI is InChI=1S/C12H12N2O2S/c1-8-5-6-10(16-8)9(2)13-14-12(15)11-4-3-7-17-11/h3-7H,1-2H3,(H,14,15)/b13-9+. The van der Waals surface area contributed by atoms with E-state index in [0.29, 0.717) is 16.3 Å². The highest BCUT2D eigenvalue weighted by Crippen LogP contribution is 2.09. The summed E-state index contributed by atoms with van der Waals surface area (Å²) < 4.78 is 5.39. The van der Waals surface area contributed by atoms with E-state index in [1.807, 2.05) is 30.5 Å². The predicted molar refractivity (Wildman–Crippen MR) is 67.4 cm³/mol. The number of hydrogen-bond donors (Lipinski definition) is 1. The van der Waals surface area contributed by atoms with Crippen molar-refractivity contribution in [2.24, 2.45) is 5.10 Å². The molecular weight excluding hydrogens is 236 g/mol. The van der Waals surface area contributed by atoms with Crippen LogP contribution in [0, 0.1) is 6.92 Å². The Balaban J connectivity index is 2.04. The van der Waals surface area contributed by atoms with Crippen molar-refractivity contribution >= 4 is 23.0 Å². The Kier molecular flexibility index (Phi) is 3.39. The fourth-order valence-corrected chi connectivity index (χ4v) is 1.90. The van der Waals surface area contributed by atoms with Crippen LogP contribution in [0.1, 0.15) is 28.1 Å². The molecule has 0 atom stereocenters. The summed E-state index contributed by atoms with van der Waals surface area (Å²) in [7, 11) is 0. The van der Waals surface area contributed by atoms with Gasteiger partial charge in [0.25, 0.3) is 5.91 Å². The Morgan fingerprint density at radius 3 is 2.82 bits per heavy atom. The SMILES string of the molecule is C/C(=N\NC(=O)c1cccs1)c1ccc(C)o1. The normalized spacial score (nSPS) is 11.5. The van der Waals surface area contributed by atoms with E-state index in [4.69, 9.17) is 4.42 Å². The van der Waals surface area contributed by atoms with Crippen LogP contribution in [-0.4, -0.2) is 11.6 Å². The Morgan fingerprint density at radius 2 is 2.24 bits per heavy atom. The zero-order chi connectivity index (χ0) is 12.3. The van der Waals surface area contributed by atoms with Crippen LogP contribution in [0.5, 0.6) is 0 Å². The van der Waals surface area contributed by atoms with Crippen molar-refractivity contribution in [2.45, 2.75) is 13.8 Å². The van der Waals surface area contributed by atoms with E-state index in [-0.39, 0.29) is 5.91 Å². The molecule has 17 heavy (non-hydrogen) atoms. The summed E-state index contributed by atoms with van der Waals surface area (Å²) in [6.45, 7) is 3.65. The predicted octanol–water partition coefficient (Wildman–Crippen LogP) is 2.80. The Bertz CT molecular complexity index is 541. The molecule has 1 amide bonds. The first-order chi connectivity index (χ1) is 8.16. The third-order valence-corrected chi connectivity index (χ3v) is 3.04. The van der Waals surface area contributed by atoms with E-state index < -0.39 is 0 Å². The monoisotopic (exact) mass is 248 g/mol. The van der Waals surface area contributed by atoms with Crippen LogP contribution in [0.4, 0.5) is 0 Å². The second kappa shape index (κ2) is 4.97. The highest BCUT2D eigenvalue weighted by Gasteiger charge is 2.06. The van der Waals surface area contributed by atoms with Gasteiger partial charge in [0, 0.05) is 0 Å². The average Bonchev–Trinajstić information content (AvgIpc) is 2.95. The van der Waals surface area contributed by atoms with Gasteiger partial charge >= 0.3 is 0 Å². The molecule has 1 N–H and O–H groups in total. The van der Waals surface area contributed by atoms with E-state index >= 15 is 0 Å². The van der Waals surface area contributed by atoms with Crippen molar-refractivity contribution < 1.29 is 9.21 Å². The third-order valence-electron chi connectivity index (χ3n) is 2.17. The van der Waals surface area contributed by atoms with Crippen LogP contribution in [0.25, 0.3) is 0 Å². The molecular formula is C12H12N2O2S. The van der Waals surface area contributed by atoms with Crippen LogP contribution in [0.15, 0.2) is 39.2 Å². The second-order valence-corrected chi connectivity index (χ2v) is 4.47. The van der Waals surface area contributed by atoms with Gasteiger partial charge in [0.1, 0.15) is 17.2 Å². The first-order valence-electron chi connectivity index (χ1n) is 5.12. The Morgan fingerprint density at radius 1 is 1.41 bits per heavy atom. The molecule has 0 radical (unpaired) electrons. The molecule has 0 spiro atoms. The number of carbonyl (C=O) groups excluding carboxylic acids is 1. The fourth-order valence-electron chi connectivity index (χ4n) is 1.28. The van der Waals surface area contributed by atoms with E-state index in [1.165, 1.54) is 11.3 Å². The lowest BCUT2D eigenvalue weighted by Gasteiger charge is -1.98. The number of rotatable bonds is 3. The maximum Gasteiger partial charge on any atom is 0.281 e. The zero-order valence-corrected chi connectivity index (χ0v) is 10.4. The lowest BCUT2D eigenvalue weighted by molar-refractivity contribution is 0.0959. The maximum atomic E-state index is 11.6. The average molecular weight is 248 g/mol. The third kappa shape index (κ3) is 2.82. The van der Waals surface area contributed by atoms with Gasteiger partial charge in [-0.1, -0.05) is 6.07 Å². The minimum atomic E-state index is -0.206. The summed E-state index contributed by atoms with van der Waals surface area (Å²) in [5.41, 5.74) is 3.13. The Labute approximate surface area is 103 Å². The van der Waals surface area contributed by atoms with Gasteiger partial charge in [-0.25, -0.2) is 5.43 Å². The molecule has 2 aromatic heterocycles. The molecule has 88 valence electrons. The van der Waals surface area contributed by atoms with Gasteiger partial charge in [-0.3, -0.25) is 4.79 Å². The molecule has 0 aliphatic heterocycles. The number of amides is 1. The summed E-state index contributed by atoms with van der Waals surface area (Å²) in [5.74, 6) is 1.27. The van der Waals surface area contributed by atoms with Gasteiger partial charge in [0.05, 0.1) is 4.88 Å². The summed E-state index contributed by atoms with van der Waals surface area (Å²) in [5, 5.41) is 5.84. The van der Waals surface area contributed by atoms with Crippen LogP contribution in [0.2, 0.25) is 0 Å². The van der Waals surface area contributed by atoms with Crippen molar-refractivity contribution in [1.29, 1.82) is 0 Å². The fraction of sp³-hybridized carbons (Fsp3) is 0.167. The minimum absolute atomic E-state index is 0.206. The molecule has 0 bridgehead atoms. The Hall–Kier alpha value is -1.88. The number of hydrogen-bond acceptors (Lipinski definition) is 4. The van der Waals surface area contributed by atoms with Gasteiger partial charge in [-0.2, -0.15) is 5.10 Å². The van der Waals surface area contributed by atoms with Gasteiger partial charge in [0.15, 0.2) is 0 Å². The van der Waals surface area contributed by atoms with Crippen LogP contribution < -0.4 is 5.43 Å². The molecule has 2 heterocycles. The molecule has 0 unspecified atom stereocenters. The van der Waals surface area contributed by atoms with Crippen LogP contribution in [-0.2, 0) is 0 Å². The van der Waals surface area contributed by atoms with Crippen molar-refractivity contribution in [2.75, 3.05) is 0 Å². The molecule has 0 saturated carbocycles. The largest absolute Gasteiger partial charge is 0.460 e. The molecule has 0 aliphatic carbocycles. The highest BCUT2D eigenvalue weighted by atomic mass is 32.1. The second-order valence-electron chi connectivity index (χ2n) is 3.53. The highest BCUT2D eigenvalue weighted by molar-refractivity contribution is 7.12. The maximum absolute atomic E-state index is 11.6. The minimum Gasteiger partial charge on any atom is -0.460 e. The lowest BCUT2D eigenvalue weighted by Crippen LogP contribution is -2.17. The number of nitrogens with zero attached hydrogens (tertiary/aromatic N) is 1. The lowest BCUT2D eigenvalue weighted by atomic mass is 10.3. The number of thiophene rings is 1. The van der Waals surface area contributed by atoms with E-state index in [1.54, 1.807) is 13.0 Å². The first kappa shape index (κ1) is 11.6. The van der Waals surface area contributed by atoms with Crippen LogP contribution in [0.3, 0.4) is 0 Å². The molecule has 0 fully saturated rings. The number of nitrogens with one attached hydrogen (secondary N) is 1. The molecule has 5 heteroatoms. The number of carbonyl (C=O) groups is 1. The van der Waals surface area contributed by atoms with E-state index in [0.717, 1.165) is 5.76 Å². The summed E-state index contributed by atoms with van der Waals surface area (Å²) in [4.78, 5) is 12.2. The van der Waals surface area contributed by atoms with E-state index in [9.17, 15) is 4.79 Å². The molecule has 4 nitrogen and oxygen atoms in total. The first-order valence-corrected chi connectivity index (χ1v) is 6.00. The number of hydrazone groups is 1. The van der Waals surface area contributed by atoms with Gasteiger partial charge in [-0.05, 0) is 37.4 Å². The summed E-state index contributed by atoms with van der Waals surface area (Å²) >= 11 is 1.38. The summed E-state index contributed by atoms with van der Waals surface area (Å²) in [6.07, 6.45) is 0. The molecule has 2 aromatic rings. The van der Waals surface area contributed by atoms with Gasteiger partial charge < -0.3 is 4.42 Å². The topological polar surface area (TPSA) is 54.6 Å². The van der Waals surface area contributed by atoms with Crippen molar-refractivity contribution in [3.63, 3.8) is 0 Å².